The minimum absolute atomic E-state index is 0.726. The number of thiazole rings is 1. The molecule has 2 N–H and O–H groups in total. The molecular weight excluding hydrogens is 176 g/mol. The van der Waals surface area contributed by atoms with Gasteiger partial charge in [0.2, 0.25) is 0 Å². The second-order valence-electron chi connectivity index (χ2n) is 2.70. The van der Waals surface area contributed by atoms with Crippen LogP contribution in [-0.2, 0) is 0 Å². The zero-order valence-corrected chi connectivity index (χ0v) is 7.97. The van der Waals surface area contributed by atoms with Crippen molar-refractivity contribution < 1.29 is 0 Å². The summed E-state index contributed by atoms with van der Waals surface area (Å²) in [5, 5.41) is 1.24. The molecule has 0 unspecified atom stereocenters. The van der Waals surface area contributed by atoms with E-state index in [4.69, 9.17) is 5.73 Å². The topological polar surface area (TPSA) is 38.9 Å². The Morgan fingerprint density at radius 1 is 1.64 bits per heavy atom. The number of nitrogens with two attached hydrogens (primary N) is 1. The normalized spacial score (nSPS) is 17.2. The molecule has 1 aromatic heterocycles. The first-order valence-corrected chi connectivity index (χ1v) is 5.65. The SMILES string of the molecule is CSc1sc(C2CC2)nc1N. The van der Waals surface area contributed by atoms with Gasteiger partial charge in [-0.1, -0.05) is 0 Å². The number of anilines is 1. The lowest BCUT2D eigenvalue weighted by Crippen LogP contribution is -1.86. The van der Waals surface area contributed by atoms with E-state index in [0.29, 0.717) is 0 Å². The third-order valence-electron chi connectivity index (χ3n) is 1.75. The minimum Gasteiger partial charge on any atom is -0.382 e. The van der Waals surface area contributed by atoms with Crippen LogP contribution in [0.3, 0.4) is 0 Å². The zero-order chi connectivity index (χ0) is 7.84. The van der Waals surface area contributed by atoms with Gasteiger partial charge in [0.1, 0.15) is 10.0 Å². The number of aromatic nitrogens is 1. The van der Waals surface area contributed by atoms with Crippen molar-refractivity contribution in [3.63, 3.8) is 0 Å². The van der Waals surface area contributed by atoms with Crippen LogP contribution in [0.5, 0.6) is 0 Å². The third kappa shape index (κ3) is 1.37. The summed E-state index contributed by atoms with van der Waals surface area (Å²) in [7, 11) is 0. The largest absolute Gasteiger partial charge is 0.382 e. The number of rotatable bonds is 2. The van der Waals surface area contributed by atoms with Crippen molar-refractivity contribution in [3.05, 3.63) is 5.01 Å². The Labute approximate surface area is 74.2 Å². The number of hydrogen-bond donors (Lipinski definition) is 1. The molecule has 0 radical (unpaired) electrons. The van der Waals surface area contributed by atoms with E-state index in [1.54, 1.807) is 23.1 Å². The van der Waals surface area contributed by atoms with E-state index in [-0.39, 0.29) is 0 Å². The first kappa shape index (κ1) is 7.43. The van der Waals surface area contributed by atoms with E-state index >= 15 is 0 Å². The van der Waals surface area contributed by atoms with Gasteiger partial charge in [-0.2, -0.15) is 0 Å². The van der Waals surface area contributed by atoms with Crippen molar-refractivity contribution in [1.82, 2.24) is 4.98 Å². The molecule has 2 nitrogen and oxygen atoms in total. The summed E-state index contributed by atoms with van der Waals surface area (Å²) in [6, 6.07) is 0. The summed E-state index contributed by atoms with van der Waals surface area (Å²) in [5.41, 5.74) is 5.70. The average Bonchev–Trinajstić information content (AvgIpc) is 2.76. The van der Waals surface area contributed by atoms with E-state index in [9.17, 15) is 0 Å². The van der Waals surface area contributed by atoms with Gasteiger partial charge >= 0.3 is 0 Å². The molecule has 0 aromatic carbocycles. The van der Waals surface area contributed by atoms with E-state index in [2.05, 4.69) is 4.98 Å². The average molecular weight is 186 g/mol. The van der Waals surface area contributed by atoms with Gasteiger partial charge in [0.05, 0.1) is 5.01 Å². The lowest BCUT2D eigenvalue weighted by molar-refractivity contribution is 1.08. The van der Waals surface area contributed by atoms with Crippen molar-refractivity contribution in [2.75, 3.05) is 12.0 Å². The molecule has 1 fully saturated rings. The van der Waals surface area contributed by atoms with Gasteiger partial charge in [0, 0.05) is 5.92 Å². The molecule has 0 aliphatic heterocycles. The highest BCUT2D eigenvalue weighted by molar-refractivity contribution is 8.00. The molecule has 0 spiro atoms. The Balaban J connectivity index is 2.28. The van der Waals surface area contributed by atoms with Crippen LogP contribution in [0.15, 0.2) is 4.21 Å². The van der Waals surface area contributed by atoms with Gasteiger partial charge in [-0.15, -0.1) is 23.1 Å². The van der Waals surface area contributed by atoms with E-state index in [1.807, 2.05) is 6.26 Å². The summed E-state index contributed by atoms with van der Waals surface area (Å²) in [5.74, 6) is 1.47. The lowest BCUT2D eigenvalue weighted by Gasteiger charge is -1.85. The Kier molecular flexibility index (Phi) is 1.81. The molecule has 1 aromatic rings. The number of hydrogen-bond acceptors (Lipinski definition) is 4. The zero-order valence-electron chi connectivity index (χ0n) is 6.33. The predicted molar refractivity (Wildman–Crippen MR) is 50.3 cm³/mol. The van der Waals surface area contributed by atoms with Gasteiger partial charge in [-0.25, -0.2) is 4.98 Å². The second kappa shape index (κ2) is 2.68. The van der Waals surface area contributed by atoms with Gasteiger partial charge in [-0.3, -0.25) is 0 Å². The molecule has 1 saturated carbocycles. The molecule has 1 aliphatic rings. The van der Waals surface area contributed by atoms with Crippen molar-refractivity contribution in [1.29, 1.82) is 0 Å². The standard InChI is InChI=1S/C7H10N2S2/c1-10-7-5(8)9-6(11-7)4-2-3-4/h4H,2-3,8H2,1H3. The second-order valence-corrected chi connectivity index (χ2v) is 4.81. The molecule has 4 heteroatoms. The molecule has 11 heavy (non-hydrogen) atoms. The number of thioether (sulfide) groups is 1. The fourth-order valence-electron chi connectivity index (χ4n) is 0.986. The van der Waals surface area contributed by atoms with Crippen molar-refractivity contribution in [3.8, 4) is 0 Å². The van der Waals surface area contributed by atoms with Crippen LogP contribution in [0.2, 0.25) is 0 Å². The molecule has 1 aliphatic carbocycles. The van der Waals surface area contributed by atoms with E-state index in [1.165, 1.54) is 22.1 Å². The summed E-state index contributed by atoms with van der Waals surface area (Å²) < 4.78 is 1.17. The smallest absolute Gasteiger partial charge is 0.148 e. The van der Waals surface area contributed by atoms with Gasteiger partial charge in [0.15, 0.2) is 0 Å². The maximum absolute atomic E-state index is 5.70. The first-order chi connectivity index (χ1) is 5.31. The highest BCUT2D eigenvalue weighted by atomic mass is 32.2. The van der Waals surface area contributed by atoms with Crippen molar-refractivity contribution in [2.45, 2.75) is 23.0 Å². The lowest BCUT2D eigenvalue weighted by atomic mass is 10.5. The van der Waals surface area contributed by atoms with Crippen LogP contribution < -0.4 is 5.73 Å². The predicted octanol–water partition coefficient (Wildman–Crippen LogP) is 2.32. The highest BCUT2D eigenvalue weighted by Gasteiger charge is 2.27. The third-order valence-corrected chi connectivity index (χ3v) is 4.11. The van der Waals surface area contributed by atoms with Crippen LogP contribution in [-0.4, -0.2) is 11.2 Å². The molecule has 0 saturated heterocycles. The first-order valence-electron chi connectivity index (χ1n) is 3.61. The number of nitrogens with zero attached hydrogens (tertiary/aromatic N) is 1. The van der Waals surface area contributed by atoms with Crippen LogP contribution in [0.25, 0.3) is 0 Å². The molecule has 1 heterocycles. The van der Waals surface area contributed by atoms with Gasteiger partial charge in [0.25, 0.3) is 0 Å². The van der Waals surface area contributed by atoms with Gasteiger partial charge in [-0.05, 0) is 19.1 Å². The van der Waals surface area contributed by atoms with Crippen LogP contribution in [0, 0.1) is 0 Å². The molecular formula is C7H10N2S2. The molecule has 0 amide bonds. The fourth-order valence-corrected chi connectivity index (χ4v) is 2.72. The monoisotopic (exact) mass is 186 g/mol. The summed E-state index contributed by atoms with van der Waals surface area (Å²) in [6.07, 6.45) is 4.65. The maximum atomic E-state index is 5.70. The minimum atomic E-state index is 0.726. The van der Waals surface area contributed by atoms with Crippen molar-refractivity contribution in [2.24, 2.45) is 0 Å². The molecule has 2 rings (SSSR count). The summed E-state index contributed by atoms with van der Waals surface area (Å²) >= 11 is 3.45. The quantitative estimate of drug-likeness (QED) is 0.720. The molecule has 60 valence electrons. The fraction of sp³-hybridized carbons (Fsp3) is 0.571. The summed E-state index contributed by atoms with van der Waals surface area (Å²) in [6.45, 7) is 0. The molecule has 0 bridgehead atoms. The maximum Gasteiger partial charge on any atom is 0.148 e. The van der Waals surface area contributed by atoms with E-state index in [0.717, 1.165) is 11.7 Å². The summed E-state index contributed by atoms with van der Waals surface area (Å²) in [4.78, 5) is 4.32. The Morgan fingerprint density at radius 2 is 2.36 bits per heavy atom. The Morgan fingerprint density at radius 3 is 2.82 bits per heavy atom. The van der Waals surface area contributed by atoms with Crippen LogP contribution in [0.1, 0.15) is 23.8 Å². The van der Waals surface area contributed by atoms with Gasteiger partial charge < -0.3 is 5.73 Å². The van der Waals surface area contributed by atoms with Crippen molar-refractivity contribution >= 4 is 28.9 Å². The Hall–Kier alpha value is -0.220. The van der Waals surface area contributed by atoms with Crippen LogP contribution in [0.4, 0.5) is 5.82 Å². The number of nitrogen functional groups attached to an aromatic ring is 1. The van der Waals surface area contributed by atoms with E-state index < -0.39 is 0 Å². The highest BCUT2D eigenvalue weighted by Crippen LogP contribution is 2.44. The van der Waals surface area contributed by atoms with Crippen LogP contribution >= 0.6 is 23.1 Å². The molecule has 0 atom stereocenters. The Bertz CT molecular complexity index is 265.